The van der Waals surface area contributed by atoms with Crippen molar-refractivity contribution in [3.8, 4) is 0 Å². The lowest BCUT2D eigenvalue weighted by Crippen LogP contribution is -2.46. The van der Waals surface area contributed by atoms with Crippen molar-refractivity contribution in [2.24, 2.45) is 0 Å². The number of hydrogen-bond acceptors (Lipinski definition) is 3. The first-order valence-electron chi connectivity index (χ1n) is 5.80. The topological polar surface area (TPSA) is 19.4 Å². The van der Waals surface area contributed by atoms with Crippen LogP contribution in [0.25, 0.3) is 0 Å². The fourth-order valence-corrected chi connectivity index (χ4v) is 2.75. The summed E-state index contributed by atoms with van der Waals surface area (Å²) in [6.45, 7) is 9.85. The van der Waals surface area contributed by atoms with Crippen LogP contribution >= 0.6 is 15.9 Å². The second kappa shape index (κ2) is 5.15. The number of piperazine rings is 1. The van der Waals surface area contributed by atoms with Crippen LogP contribution < -0.4 is 4.90 Å². The standard InChI is InChI=1S/C12H18BrN3/c1-3-15-4-6-16(7-5-15)12-11(13)8-10(2)9-14-12/h8-9H,3-7H2,1-2H3. The largest absolute Gasteiger partial charge is 0.353 e. The molecule has 0 aliphatic carbocycles. The van der Waals surface area contributed by atoms with Crippen LogP contribution in [0.4, 0.5) is 5.82 Å². The molecule has 0 bridgehead atoms. The van der Waals surface area contributed by atoms with Gasteiger partial charge in [0.25, 0.3) is 0 Å². The summed E-state index contributed by atoms with van der Waals surface area (Å²) in [5, 5.41) is 0. The second-order valence-electron chi connectivity index (χ2n) is 4.24. The Kier molecular flexibility index (Phi) is 3.82. The van der Waals surface area contributed by atoms with Crippen molar-refractivity contribution in [3.05, 3.63) is 22.3 Å². The molecule has 0 atom stereocenters. The van der Waals surface area contributed by atoms with E-state index in [1.165, 1.54) is 5.56 Å². The van der Waals surface area contributed by atoms with Gasteiger partial charge in [-0.25, -0.2) is 4.98 Å². The van der Waals surface area contributed by atoms with E-state index in [0.29, 0.717) is 0 Å². The van der Waals surface area contributed by atoms with E-state index >= 15 is 0 Å². The Morgan fingerprint density at radius 2 is 2.00 bits per heavy atom. The lowest BCUT2D eigenvalue weighted by atomic mass is 10.2. The number of aryl methyl sites for hydroxylation is 1. The molecule has 0 unspecified atom stereocenters. The first-order chi connectivity index (χ1) is 7.70. The van der Waals surface area contributed by atoms with E-state index < -0.39 is 0 Å². The minimum Gasteiger partial charge on any atom is -0.353 e. The molecule has 3 nitrogen and oxygen atoms in total. The summed E-state index contributed by atoms with van der Waals surface area (Å²) in [4.78, 5) is 9.34. The zero-order valence-electron chi connectivity index (χ0n) is 9.91. The number of likely N-dealkylation sites (N-methyl/N-ethyl adjacent to an activating group) is 1. The summed E-state index contributed by atoms with van der Waals surface area (Å²) in [5.41, 5.74) is 1.20. The Labute approximate surface area is 106 Å². The van der Waals surface area contributed by atoms with Gasteiger partial charge >= 0.3 is 0 Å². The normalized spacial score (nSPS) is 17.8. The fourth-order valence-electron chi connectivity index (χ4n) is 2.03. The molecule has 0 radical (unpaired) electrons. The molecule has 2 heterocycles. The van der Waals surface area contributed by atoms with E-state index in [0.717, 1.165) is 43.0 Å². The number of aromatic nitrogens is 1. The summed E-state index contributed by atoms with van der Waals surface area (Å²) < 4.78 is 1.11. The molecule has 0 N–H and O–H groups in total. The maximum Gasteiger partial charge on any atom is 0.142 e. The van der Waals surface area contributed by atoms with Gasteiger partial charge < -0.3 is 9.80 Å². The number of pyridine rings is 1. The third kappa shape index (κ3) is 2.55. The molecular weight excluding hydrogens is 266 g/mol. The van der Waals surface area contributed by atoms with Crippen molar-refractivity contribution in [2.45, 2.75) is 13.8 Å². The van der Waals surface area contributed by atoms with Crippen LogP contribution in [0, 0.1) is 6.92 Å². The molecule has 1 aromatic rings. The van der Waals surface area contributed by atoms with Crippen LogP contribution in [0.3, 0.4) is 0 Å². The number of nitrogens with zero attached hydrogens (tertiary/aromatic N) is 3. The highest BCUT2D eigenvalue weighted by Gasteiger charge is 2.18. The van der Waals surface area contributed by atoms with Gasteiger partial charge in [-0.15, -0.1) is 0 Å². The first kappa shape index (κ1) is 11.9. The molecule has 1 fully saturated rings. The van der Waals surface area contributed by atoms with Gasteiger partial charge in [-0.05, 0) is 41.0 Å². The highest BCUT2D eigenvalue weighted by Crippen LogP contribution is 2.25. The van der Waals surface area contributed by atoms with Crippen molar-refractivity contribution in [3.63, 3.8) is 0 Å². The maximum absolute atomic E-state index is 4.51. The lowest BCUT2D eigenvalue weighted by molar-refractivity contribution is 0.270. The molecule has 0 aromatic carbocycles. The molecule has 2 rings (SSSR count). The van der Waals surface area contributed by atoms with Crippen molar-refractivity contribution in [2.75, 3.05) is 37.6 Å². The van der Waals surface area contributed by atoms with Gasteiger partial charge in [0, 0.05) is 32.4 Å². The van der Waals surface area contributed by atoms with E-state index in [9.17, 15) is 0 Å². The Hall–Kier alpha value is -0.610. The van der Waals surface area contributed by atoms with Crippen LogP contribution in [0.15, 0.2) is 16.7 Å². The first-order valence-corrected chi connectivity index (χ1v) is 6.59. The SMILES string of the molecule is CCN1CCN(c2ncc(C)cc2Br)CC1. The highest BCUT2D eigenvalue weighted by atomic mass is 79.9. The highest BCUT2D eigenvalue weighted by molar-refractivity contribution is 9.10. The zero-order valence-corrected chi connectivity index (χ0v) is 11.5. The van der Waals surface area contributed by atoms with Crippen LogP contribution in [0.2, 0.25) is 0 Å². The van der Waals surface area contributed by atoms with Gasteiger partial charge in [0.1, 0.15) is 5.82 Å². The molecule has 0 amide bonds. The summed E-state index contributed by atoms with van der Waals surface area (Å²) in [6.07, 6.45) is 1.94. The Morgan fingerprint density at radius 1 is 1.31 bits per heavy atom. The fraction of sp³-hybridized carbons (Fsp3) is 0.583. The predicted molar refractivity (Wildman–Crippen MR) is 71.0 cm³/mol. The van der Waals surface area contributed by atoms with E-state index in [1.807, 2.05) is 6.20 Å². The molecule has 0 saturated carbocycles. The summed E-state index contributed by atoms with van der Waals surface area (Å²) in [7, 11) is 0. The van der Waals surface area contributed by atoms with Crippen molar-refractivity contribution in [1.82, 2.24) is 9.88 Å². The van der Waals surface area contributed by atoms with Crippen LogP contribution in [0.5, 0.6) is 0 Å². The Morgan fingerprint density at radius 3 is 2.56 bits per heavy atom. The van der Waals surface area contributed by atoms with E-state index in [2.05, 4.69) is 50.6 Å². The van der Waals surface area contributed by atoms with Gasteiger partial charge in [-0.2, -0.15) is 0 Å². The Balaban J connectivity index is 2.08. The summed E-state index contributed by atoms with van der Waals surface area (Å²) in [6, 6.07) is 2.13. The molecule has 1 aliphatic heterocycles. The van der Waals surface area contributed by atoms with E-state index in [4.69, 9.17) is 0 Å². The quantitative estimate of drug-likeness (QED) is 0.830. The predicted octanol–water partition coefficient (Wildman–Crippen LogP) is 2.29. The van der Waals surface area contributed by atoms with Gasteiger partial charge in [0.05, 0.1) is 4.47 Å². The number of rotatable bonds is 2. The second-order valence-corrected chi connectivity index (χ2v) is 5.09. The minimum atomic E-state index is 1.07. The summed E-state index contributed by atoms with van der Waals surface area (Å²) >= 11 is 3.60. The molecule has 0 spiro atoms. The van der Waals surface area contributed by atoms with Crippen molar-refractivity contribution >= 4 is 21.7 Å². The maximum atomic E-state index is 4.51. The minimum absolute atomic E-state index is 1.07. The van der Waals surface area contributed by atoms with Gasteiger partial charge in [-0.3, -0.25) is 0 Å². The van der Waals surface area contributed by atoms with Crippen molar-refractivity contribution < 1.29 is 0 Å². The zero-order chi connectivity index (χ0) is 11.5. The van der Waals surface area contributed by atoms with Crippen LogP contribution in [-0.2, 0) is 0 Å². The van der Waals surface area contributed by atoms with E-state index in [-0.39, 0.29) is 0 Å². The molecule has 1 aliphatic rings. The van der Waals surface area contributed by atoms with Crippen LogP contribution in [0.1, 0.15) is 12.5 Å². The van der Waals surface area contributed by atoms with Gasteiger partial charge in [-0.1, -0.05) is 6.92 Å². The molecule has 1 saturated heterocycles. The molecule has 1 aromatic heterocycles. The average molecular weight is 284 g/mol. The van der Waals surface area contributed by atoms with Gasteiger partial charge in [0.2, 0.25) is 0 Å². The third-order valence-corrected chi connectivity index (χ3v) is 3.66. The third-order valence-electron chi connectivity index (χ3n) is 3.08. The molecule has 88 valence electrons. The number of anilines is 1. The van der Waals surface area contributed by atoms with Gasteiger partial charge in [0.15, 0.2) is 0 Å². The molecular formula is C12H18BrN3. The summed E-state index contributed by atoms with van der Waals surface area (Å²) in [5.74, 6) is 1.08. The number of halogens is 1. The molecule has 16 heavy (non-hydrogen) atoms. The average Bonchev–Trinajstić information content (AvgIpc) is 2.29. The van der Waals surface area contributed by atoms with E-state index in [1.54, 1.807) is 0 Å². The number of hydrogen-bond donors (Lipinski definition) is 0. The lowest BCUT2D eigenvalue weighted by Gasteiger charge is -2.35. The molecule has 4 heteroatoms. The Bertz CT molecular complexity index is 359. The smallest absolute Gasteiger partial charge is 0.142 e. The van der Waals surface area contributed by atoms with Crippen LogP contribution in [-0.4, -0.2) is 42.6 Å². The monoisotopic (exact) mass is 283 g/mol. The van der Waals surface area contributed by atoms with Crippen molar-refractivity contribution in [1.29, 1.82) is 0 Å².